The van der Waals surface area contributed by atoms with Crippen LogP contribution >= 0.6 is 23.2 Å². The maximum Gasteiger partial charge on any atom is 0.0950 e. The summed E-state index contributed by atoms with van der Waals surface area (Å²) in [6.45, 7) is 0.940. The summed E-state index contributed by atoms with van der Waals surface area (Å²) in [4.78, 5) is 4.76. The Morgan fingerprint density at radius 1 is 1.08 bits per heavy atom. The van der Waals surface area contributed by atoms with E-state index in [2.05, 4.69) is 5.32 Å². The predicted molar refractivity (Wildman–Crippen MR) is 108 cm³/mol. The number of nitrogens with zero attached hydrogens (tertiary/aromatic N) is 1. The zero-order chi connectivity index (χ0) is 18.1. The van der Waals surface area contributed by atoms with Crippen LogP contribution in [0.5, 0.6) is 0 Å². The molecule has 3 nitrogen and oxygen atoms in total. The minimum absolute atomic E-state index is 0.0476. The number of pyridine rings is 1. The molecule has 0 spiro atoms. The van der Waals surface area contributed by atoms with Gasteiger partial charge in [0.1, 0.15) is 0 Å². The Hall–Kier alpha value is -1.65. The number of rotatable bonds is 3. The van der Waals surface area contributed by atoms with E-state index in [0.29, 0.717) is 15.6 Å². The first-order valence-electron chi connectivity index (χ1n) is 8.90. The SMILES string of the molecule is O[C@@H](c1cc(-c2ccc(Cl)cc2)nc2c(Cl)cccc12)[C@H]1CCCCN1. The number of aliphatic hydroxyl groups is 1. The van der Waals surface area contributed by atoms with Gasteiger partial charge in [0.25, 0.3) is 0 Å². The molecule has 0 saturated carbocycles. The van der Waals surface area contributed by atoms with Gasteiger partial charge in [0.05, 0.1) is 22.3 Å². The van der Waals surface area contributed by atoms with Crippen LogP contribution in [0.15, 0.2) is 48.5 Å². The van der Waals surface area contributed by atoms with Crippen LogP contribution in [0.2, 0.25) is 10.0 Å². The molecular formula is C21H20Cl2N2O. The van der Waals surface area contributed by atoms with Gasteiger partial charge in [-0.05, 0) is 49.2 Å². The van der Waals surface area contributed by atoms with Crippen molar-refractivity contribution < 1.29 is 5.11 Å². The maximum atomic E-state index is 11.1. The molecule has 0 amide bonds. The Labute approximate surface area is 163 Å². The number of nitrogens with one attached hydrogen (secondary N) is 1. The minimum atomic E-state index is -0.606. The number of fused-ring (bicyclic) bond motifs is 1. The van der Waals surface area contributed by atoms with E-state index in [4.69, 9.17) is 28.2 Å². The van der Waals surface area contributed by atoms with Crippen molar-refractivity contribution in [2.45, 2.75) is 31.4 Å². The summed E-state index contributed by atoms with van der Waals surface area (Å²) in [5.74, 6) is 0. The molecule has 2 heterocycles. The van der Waals surface area contributed by atoms with Crippen LogP contribution in [-0.4, -0.2) is 22.7 Å². The van der Waals surface area contributed by atoms with E-state index in [-0.39, 0.29) is 6.04 Å². The molecule has 0 radical (unpaired) electrons. The molecule has 1 aliphatic rings. The lowest BCUT2D eigenvalue weighted by Crippen LogP contribution is -2.38. The van der Waals surface area contributed by atoms with E-state index in [0.717, 1.165) is 48.0 Å². The third kappa shape index (κ3) is 3.45. The second-order valence-corrected chi connectivity index (χ2v) is 7.58. The van der Waals surface area contributed by atoms with Gasteiger partial charge in [-0.25, -0.2) is 4.98 Å². The fourth-order valence-electron chi connectivity index (χ4n) is 3.62. The Kier molecular flexibility index (Phi) is 5.14. The van der Waals surface area contributed by atoms with Crippen molar-refractivity contribution in [2.75, 3.05) is 6.54 Å². The Bertz CT molecular complexity index is 921. The third-order valence-corrected chi connectivity index (χ3v) is 5.57. The van der Waals surface area contributed by atoms with Gasteiger partial charge in [-0.3, -0.25) is 0 Å². The van der Waals surface area contributed by atoms with E-state index in [1.54, 1.807) is 0 Å². The van der Waals surface area contributed by atoms with Gasteiger partial charge < -0.3 is 10.4 Å². The van der Waals surface area contributed by atoms with Crippen molar-refractivity contribution in [1.29, 1.82) is 0 Å². The summed E-state index contributed by atoms with van der Waals surface area (Å²) in [5.41, 5.74) is 3.31. The molecule has 2 atom stereocenters. The van der Waals surface area contributed by atoms with Crippen molar-refractivity contribution in [1.82, 2.24) is 10.3 Å². The number of aromatic nitrogens is 1. The number of aliphatic hydroxyl groups excluding tert-OH is 1. The fraction of sp³-hybridized carbons (Fsp3) is 0.286. The average Bonchev–Trinajstić information content (AvgIpc) is 2.68. The molecule has 3 aromatic rings. The van der Waals surface area contributed by atoms with Crippen molar-refractivity contribution in [2.24, 2.45) is 0 Å². The van der Waals surface area contributed by atoms with Gasteiger partial charge in [0.2, 0.25) is 0 Å². The van der Waals surface area contributed by atoms with Crippen LogP contribution in [0.3, 0.4) is 0 Å². The van der Waals surface area contributed by atoms with Gasteiger partial charge in [0, 0.05) is 22.0 Å². The van der Waals surface area contributed by atoms with Crippen LogP contribution in [0.4, 0.5) is 0 Å². The molecule has 2 aromatic carbocycles. The Morgan fingerprint density at radius 3 is 2.62 bits per heavy atom. The largest absolute Gasteiger partial charge is 0.387 e. The summed E-state index contributed by atoms with van der Waals surface area (Å²) in [6.07, 6.45) is 2.64. The topological polar surface area (TPSA) is 45.2 Å². The summed E-state index contributed by atoms with van der Waals surface area (Å²) >= 11 is 12.4. The van der Waals surface area contributed by atoms with E-state index < -0.39 is 6.10 Å². The quantitative estimate of drug-likeness (QED) is 0.634. The molecule has 26 heavy (non-hydrogen) atoms. The number of para-hydroxylation sites is 1. The highest BCUT2D eigenvalue weighted by Crippen LogP contribution is 2.34. The maximum absolute atomic E-state index is 11.1. The van der Waals surface area contributed by atoms with Crippen molar-refractivity contribution >= 4 is 34.1 Å². The number of benzene rings is 2. The minimum Gasteiger partial charge on any atom is -0.387 e. The van der Waals surface area contributed by atoms with Crippen LogP contribution < -0.4 is 5.32 Å². The lowest BCUT2D eigenvalue weighted by atomic mass is 9.92. The van der Waals surface area contributed by atoms with Crippen molar-refractivity contribution in [3.05, 3.63) is 64.1 Å². The molecule has 0 bridgehead atoms. The first kappa shape index (κ1) is 17.7. The zero-order valence-corrected chi connectivity index (χ0v) is 15.8. The monoisotopic (exact) mass is 386 g/mol. The van der Waals surface area contributed by atoms with E-state index in [1.807, 2.05) is 48.5 Å². The molecule has 5 heteroatoms. The number of hydrogen-bond acceptors (Lipinski definition) is 3. The van der Waals surface area contributed by atoms with Gasteiger partial charge >= 0.3 is 0 Å². The molecule has 1 aromatic heterocycles. The van der Waals surface area contributed by atoms with Gasteiger partial charge in [-0.1, -0.05) is 53.9 Å². The molecular weight excluding hydrogens is 367 g/mol. The van der Waals surface area contributed by atoms with Gasteiger partial charge in [-0.2, -0.15) is 0 Å². The lowest BCUT2D eigenvalue weighted by Gasteiger charge is -2.29. The molecule has 134 valence electrons. The highest BCUT2D eigenvalue weighted by molar-refractivity contribution is 6.35. The Balaban J connectivity index is 1.86. The first-order valence-corrected chi connectivity index (χ1v) is 9.65. The van der Waals surface area contributed by atoms with Gasteiger partial charge in [0.15, 0.2) is 0 Å². The lowest BCUT2D eigenvalue weighted by molar-refractivity contribution is 0.115. The van der Waals surface area contributed by atoms with Gasteiger partial charge in [-0.15, -0.1) is 0 Å². The van der Waals surface area contributed by atoms with Crippen molar-refractivity contribution in [3.63, 3.8) is 0 Å². The molecule has 0 aliphatic carbocycles. The van der Waals surface area contributed by atoms with E-state index in [9.17, 15) is 5.11 Å². The smallest absolute Gasteiger partial charge is 0.0950 e. The molecule has 1 aliphatic heterocycles. The number of hydrogen-bond donors (Lipinski definition) is 2. The molecule has 1 saturated heterocycles. The summed E-state index contributed by atoms with van der Waals surface area (Å²) in [7, 11) is 0. The average molecular weight is 387 g/mol. The first-order chi connectivity index (χ1) is 12.6. The summed E-state index contributed by atoms with van der Waals surface area (Å²) < 4.78 is 0. The third-order valence-electron chi connectivity index (χ3n) is 5.01. The number of halogens is 2. The molecule has 1 fully saturated rings. The van der Waals surface area contributed by atoms with Crippen LogP contribution in [-0.2, 0) is 0 Å². The normalized spacial score (nSPS) is 18.8. The van der Waals surface area contributed by atoms with E-state index in [1.165, 1.54) is 0 Å². The highest BCUT2D eigenvalue weighted by Gasteiger charge is 2.25. The molecule has 4 rings (SSSR count). The van der Waals surface area contributed by atoms with Crippen LogP contribution in [0.25, 0.3) is 22.2 Å². The standard InChI is InChI=1S/C21H20Cl2N2O/c22-14-9-7-13(8-10-14)19-12-16(21(26)18-6-1-2-11-24-18)15-4-3-5-17(23)20(15)25-19/h3-5,7-10,12,18,21,24,26H,1-2,6,11H2/t18-,21+/m1/s1. The fourth-order valence-corrected chi connectivity index (χ4v) is 3.96. The van der Waals surface area contributed by atoms with E-state index >= 15 is 0 Å². The zero-order valence-electron chi connectivity index (χ0n) is 14.3. The second-order valence-electron chi connectivity index (χ2n) is 6.74. The highest BCUT2D eigenvalue weighted by atomic mass is 35.5. The number of piperidine rings is 1. The predicted octanol–water partition coefficient (Wildman–Crippen LogP) is 5.38. The summed E-state index contributed by atoms with van der Waals surface area (Å²) in [6, 6.07) is 15.3. The van der Waals surface area contributed by atoms with Crippen LogP contribution in [0.1, 0.15) is 30.9 Å². The summed E-state index contributed by atoms with van der Waals surface area (Å²) in [5, 5.41) is 16.7. The van der Waals surface area contributed by atoms with Crippen molar-refractivity contribution in [3.8, 4) is 11.3 Å². The molecule has 2 N–H and O–H groups in total. The van der Waals surface area contributed by atoms with Crippen LogP contribution in [0, 0.1) is 0 Å². The Morgan fingerprint density at radius 2 is 1.88 bits per heavy atom. The molecule has 0 unspecified atom stereocenters. The second kappa shape index (κ2) is 7.53.